The van der Waals surface area contributed by atoms with Gasteiger partial charge in [-0.05, 0) is 24.1 Å². The molecular weight excluding hydrogens is 421 g/mol. The lowest BCUT2D eigenvalue weighted by Gasteiger charge is -2.28. The van der Waals surface area contributed by atoms with Crippen LogP contribution in [0.3, 0.4) is 0 Å². The van der Waals surface area contributed by atoms with Crippen molar-refractivity contribution in [3.63, 3.8) is 0 Å². The summed E-state index contributed by atoms with van der Waals surface area (Å²) >= 11 is 0. The topological polar surface area (TPSA) is 83.0 Å². The Hall–Kier alpha value is -3.53. The van der Waals surface area contributed by atoms with E-state index in [1.807, 2.05) is 23.5 Å². The number of hydrogen-bond donors (Lipinski definition) is 2. The summed E-state index contributed by atoms with van der Waals surface area (Å²) in [6, 6.07) is 13.2. The summed E-state index contributed by atoms with van der Waals surface area (Å²) in [6.45, 7) is 1.01. The van der Waals surface area contributed by atoms with E-state index >= 15 is 0 Å². The number of alkyl halides is 3. The summed E-state index contributed by atoms with van der Waals surface area (Å²) in [5.41, 5.74) is 3.23. The molecule has 4 rings (SSSR count). The van der Waals surface area contributed by atoms with Gasteiger partial charge in [0, 0.05) is 31.4 Å². The number of carbonyl (C=O) groups is 1. The Morgan fingerprint density at radius 3 is 2.59 bits per heavy atom. The first-order valence-corrected chi connectivity index (χ1v) is 10.0. The number of carbonyl (C=O) groups excluding carboxylic acids is 1. The van der Waals surface area contributed by atoms with E-state index in [4.69, 9.17) is 0 Å². The average Bonchev–Trinajstić information content (AvgIpc) is 2.78. The molecule has 1 aliphatic heterocycles. The Labute approximate surface area is 182 Å². The molecule has 1 amide bonds. The van der Waals surface area contributed by atoms with Crippen molar-refractivity contribution < 1.29 is 18.0 Å². The highest BCUT2D eigenvalue weighted by atomic mass is 19.4. The molecule has 0 spiro atoms. The number of nitrogens with zero attached hydrogens (tertiary/aromatic N) is 4. The van der Waals surface area contributed by atoms with E-state index in [0.29, 0.717) is 18.2 Å². The van der Waals surface area contributed by atoms with Gasteiger partial charge in [-0.1, -0.05) is 30.3 Å². The van der Waals surface area contributed by atoms with Crippen LogP contribution in [0.2, 0.25) is 0 Å². The number of fused-ring (bicyclic) bond motifs is 1. The van der Waals surface area contributed by atoms with Gasteiger partial charge in [0.15, 0.2) is 0 Å². The van der Waals surface area contributed by atoms with Crippen molar-refractivity contribution in [3.05, 3.63) is 77.4 Å². The first-order valence-electron chi connectivity index (χ1n) is 10.0. The van der Waals surface area contributed by atoms with Crippen molar-refractivity contribution in [2.24, 2.45) is 0 Å². The average molecular weight is 442 g/mol. The van der Waals surface area contributed by atoms with Gasteiger partial charge in [0.2, 0.25) is 0 Å². The Morgan fingerprint density at radius 1 is 1.06 bits per heavy atom. The lowest BCUT2D eigenvalue weighted by atomic mass is 10.0. The molecule has 7 nitrogen and oxygen atoms in total. The van der Waals surface area contributed by atoms with Crippen LogP contribution in [0.15, 0.2) is 55.0 Å². The van der Waals surface area contributed by atoms with E-state index < -0.39 is 18.6 Å². The zero-order chi connectivity index (χ0) is 22.6. The highest BCUT2D eigenvalue weighted by molar-refractivity contribution is 5.94. The summed E-state index contributed by atoms with van der Waals surface area (Å²) in [5.74, 6) is 0.236. The fourth-order valence-electron chi connectivity index (χ4n) is 3.50. The zero-order valence-corrected chi connectivity index (χ0v) is 17.1. The fourth-order valence-corrected chi connectivity index (χ4v) is 3.50. The van der Waals surface area contributed by atoms with Crippen LogP contribution in [-0.4, -0.2) is 45.0 Å². The number of anilines is 2. The van der Waals surface area contributed by atoms with Crippen molar-refractivity contribution in [1.29, 1.82) is 0 Å². The van der Waals surface area contributed by atoms with E-state index in [-0.39, 0.29) is 5.56 Å². The molecule has 0 aliphatic carbocycles. The highest BCUT2D eigenvalue weighted by Gasteiger charge is 2.28. The van der Waals surface area contributed by atoms with E-state index in [1.165, 1.54) is 30.2 Å². The third kappa shape index (κ3) is 5.58. The van der Waals surface area contributed by atoms with E-state index in [1.54, 1.807) is 0 Å². The van der Waals surface area contributed by atoms with Crippen LogP contribution in [0.1, 0.15) is 27.2 Å². The maximum absolute atomic E-state index is 12.3. The molecule has 2 aromatic heterocycles. The number of rotatable bonds is 6. The van der Waals surface area contributed by atoms with Gasteiger partial charge in [0.25, 0.3) is 5.91 Å². The van der Waals surface area contributed by atoms with Gasteiger partial charge in [-0.25, -0.2) is 15.0 Å². The zero-order valence-electron chi connectivity index (χ0n) is 17.1. The molecule has 32 heavy (non-hydrogen) atoms. The lowest BCUT2D eigenvalue weighted by molar-refractivity contribution is -0.123. The molecule has 0 saturated heterocycles. The minimum absolute atomic E-state index is 0.0427. The molecule has 0 fully saturated rings. The summed E-state index contributed by atoms with van der Waals surface area (Å²) in [6.07, 6.45) is -0.980. The maximum Gasteiger partial charge on any atom is 0.405 e. The molecule has 2 N–H and O–H groups in total. The molecule has 0 saturated carbocycles. The van der Waals surface area contributed by atoms with Gasteiger partial charge in [-0.2, -0.15) is 13.2 Å². The van der Waals surface area contributed by atoms with Gasteiger partial charge >= 0.3 is 6.18 Å². The normalized spacial score (nSPS) is 14.0. The molecule has 3 aromatic rings. The lowest BCUT2D eigenvalue weighted by Crippen LogP contribution is -2.33. The van der Waals surface area contributed by atoms with Crippen LogP contribution in [0.5, 0.6) is 0 Å². The molecule has 0 unspecified atom stereocenters. The third-order valence-electron chi connectivity index (χ3n) is 5.06. The molecule has 1 aromatic carbocycles. The quantitative estimate of drug-likeness (QED) is 0.609. The van der Waals surface area contributed by atoms with Crippen molar-refractivity contribution in [2.45, 2.75) is 25.7 Å². The Kier molecular flexibility index (Phi) is 6.31. The number of aromatic nitrogens is 3. The van der Waals surface area contributed by atoms with Crippen molar-refractivity contribution in [1.82, 2.24) is 25.2 Å². The highest BCUT2D eigenvalue weighted by Crippen LogP contribution is 2.25. The predicted molar refractivity (Wildman–Crippen MR) is 112 cm³/mol. The van der Waals surface area contributed by atoms with Crippen LogP contribution in [-0.2, 0) is 19.5 Å². The van der Waals surface area contributed by atoms with Crippen LogP contribution in [0.25, 0.3) is 0 Å². The van der Waals surface area contributed by atoms with E-state index in [0.717, 1.165) is 30.8 Å². The molecule has 0 atom stereocenters. The first-order chi connectivity index (χ1) is 15.4. The van der Waals surface area contributed by atoms with Crippen molar-refractivity contribution >= 4 is 17.5 Å². The molecule has 0 bridgehead atoms. The van der Waals surface area contributed by atoms with Crippen molar-refractivity contribution in [2.75, 3.05) is 18.4 Å². The monoisotopic (exact) mass is 442 g/mol. The number of nitrogens with one attached hydrogen (secondary N) is 2. The van der Waals surface area contributed by atoms with Crippen LogP contribution < -0.4 is 10.6 Å². The van der Waals surface area contributed by atoms with E-state index in [9.17, 15) is 18.0 Å². The smallest absolute Gasteiger partial charge is 0.343 e. The van der Waals surface area contributed by atoms with E-state index in [2.05, 4.69) is 37.3 Å². The molecule has 0 radical (unpaired) electrons. The number of pyridine rings is 1. The molecular formula is C22H21F3N6O. The Bertz CT molecular complexity index is 1070. The predicted octanol–water partition coefficient (Wildman–Crippen LogP) is 3.47. The summed E-state index contributed by atoms with van der Waals surface area (Å²) in [7, 11) is 0. The van der Waals surface area contributed by atoms with Crippen LogP contribution in [0, 0.1) is 0 Å². The maximum atomic E-state index is 12.3. The van der Waals surface area contributed by atoms with Crippen molar-refractivity contribution in [3.8, 4) is 0 Å². The van der Waals surface area contributed by atoms with Gasteiger partial charge in [0.05, 0.1) is 11.3 Å². The second-order valence-electron chi connectivity index (χ2n) is 7.45. The Morgan fingerprint density at radius 2 is 1.88 bits per heavy atom. The Balaban J connectivity index is 1.40. The molecule has 166 valence electrons. The second kappa shape index (κ2) is 9.31. The fraction of sp³-hybridized carbons (Fsp3) is 0.273. The summed E-state index contributed by atoms with van der Waals surface area (Å²) < 4.78 is 36.8. The van der Waals surface area contributed by atoms with Gasteiger partial charge < -0.3 is 10.6 Å². The number of hydrogen-bond acceptors (Lipinski definition) is 6. The van der Waals surface area contributed by atoms with Crippen LogP contribution >= 0.6 is 0 Å². The molecule has 1 aliphatic rings. The summed E-state index contributed by atoms with van der Waals surface area (Å²) in [5, 5.41) is 4.95. The molecule has 3 heterocycles. The summed E-state index contributed by atoms with van der Waals surface area (Å²) in [4.78, 5) is 27.0. The van der Waals surface area contributed by atoms with Gasteiger partial charge in [0.1, 0.15) is 24.5 Å². The third-order valence-corrected chi connectivity index (χ3v) is 5.06. The minimum Gasteiger partial charge on any atom is -0.343 e. The standard InChI is InChI=1S/C22H21F3N6O/c23-22(24,25)13-27-21(32)16-6-7-19(26-10-16)30-20-17-8-9-31(12-18(17)28-14-29-20)11-15-4-2-1-3-5-15/h1-7,10,14H,8-9,11-13H2,(H,27,32)(H,26,28,29,30). The minimum atomic E-state index is -4.46. The number of halogens is 3. The molecule has 10 heteroatoms. The largest absolute Gasteiger partial charge is 0.405 e. The van der Waals surface area contributed by atoms with Crippen LogP contribution in [0.4, 0.5) is 24.8 Å². The SMILES string of the molecule is O=C(NCC(F)(F)F)c1ccc(Nc2ncnc3c2CCN(Cc2ccccc2)C3)nc1. The number of benzene rings is 1. The van der Waals surface area contributed by atoms with Gasteiger partial charge in [-0.15, -0.1) is 0 Å². The second-order valence-corrected chi connectivity index (χ2v) is 7.45. The number of amides is 1. The first kappa shape index (κ1) is 21.7. The van der Waals surface area contributed by atoms with Gasteiger partial charge in [-0.3, -0.25) is 9.69 Å².